The fourth-order valence-corrected chi connectivity index (χ4v) is 3.36. The van der Waals surface area contributed by atoms with Crippen LogP contribution in [0.5, 0.6) is 0 Å². The molecule has 0 aliphatic heterocycles. The molecule has 1 fully saturated rings. The molecule has 18 heavy (non-hydrogen) atoms. The van der Waals surface area contributed by atoms with Gasteiger partial charge >= 0.3 is 0 Å². The van der Waals surface area contributed by atoms with Crippen molar-refractivity contribution in [3.63, 3.8) is 0 Å². The molecule has 2 heteroatoms. The largest absolute Gasteiger partial charge is 0.349 e. The number of hydrogen-bond donors (Lipinski definition) is 1. The second-order valence-electron chi connectivity index (χ2n) is 6.12. The van der Waals surface area contributed by atoms with Gasteiger partial charge in [-0.3, -0.25) is 0 Å². The Kier molecular flexibility index (Phi) is 4.16. The topological polar surface area (TPSA) is 17.0 Å². The van der Waals surface area contributed by atoms with Crippen LogP contribution in [0.1, 0.15) is 62.9 Å². The van der Waals surface area contributed by atoms with Crippen LogP contribution in [-0.4, -0.2) is 10.1 Å². The van der Waals surface area contributed by atoms with E-state index in [0.717, 1.165) is 13.1 Å². The molecular formula is C16H28N2. The first kappa shape index (κ1) is 13.7. The molecular weight excluding hydrogens is 220 g/mol. The third-order valence-corrected chi connectivity index (χ3v) is 4.66. The molecule has 1 aromatic rings. The van der Waals surface area contributed by atoms with Crippen LogP contribution in [0.2, 0.25) is 0 Å². The minimum Gasteiger partial charge on any atom is -0.349 e. The Morgan fingerprint density at radius 1 is 1.22 bits per heavy atom. The summed E-state index contributed by atoms with van der Waals surface area (Å²) < 4.78 is 2.40. The van der Waals surface area contributed by atoms with Crippen LogP contribution in [-0.2, 0) is 13.1 Å². The third-order valence-electron chi connectivity index (χ3n) is 4.66. The molecule has 0 unspecified atom stereocenters. The summed E-state index contributed by atoms with van der Waals surface area (Å²) >= 11 is 0. The predicted octanol–water partition coefficient (Wildman–Crippen LogP) is 3.94. The van der Waals surface area contributed by atoms with Crippen molar-refractivity contribution in [3.8, 4) is 0 Å². The molecule has 102 valence electrons. The summed E-state index contributed by atoms with van der Waals surface area (Å²) in [5, 5.41) is 3.81. The molecule has 0 atom stereocenters. The number of nitrogens with one attached hydrogen (secondary N) is 1. The Balaban J connectivity index is 2.01. The predicted molar refractivity (Wildman–Crippen MR) is 77.9 cm³/mol. The molecule has 1 aromatic heterocycles. The Morgan fingerprint density at radius 3 is 2.44 bits per heavy atom. The first-order chi connectivity index (χ1) is 8.56. The molecule has 0 radical (unpaired) electrons. The third kappa shape index (κ3) is 2.80. The van der Waals surface area contributed by atoms with E-state index in [1.54, 1.807) is 0 Å². The number of aryl methyl sites for hydroxylation is 1. The van der Waals surface area contributed by atoms with E-state index in [-0.39, 0.29) is 0 Å². The van der Waals surface area contributed by atoms with Gasteiger partial charge in [-0.25, -0.2) is 0 Å². The molecule has 1 aliphatic rings. The Bertz CT molecular complexity index is 397. The summed E-state index contributed by atoms with van der Waals surface area (Å²) in [7, 11) is 0. The van der Waals surface area contributed by atoms with Crippen molar-refractivity contribution in [1.29, 1.82) is 0 Å². The van der Waals surface area contributed by atoms with Gasteiger partial charge in [-0.1, -0.05) is 19.3 Å². The zero-order valence-corrected chi connectivity index (χ0v) is 12.5. The van der Waals surface area contributed by atoms with Gasteiger partial charge in [0.1, 0.15) is 0 Å². The van der Waals surface area contributed by atoms with Crippen LogP contribution < -0.4 is 5.32 Å². The highest BCUT2D eigenvalue weighted by Crippen LogP contribution is 2.28. The van der Waals surface area contributed by atoms with Crippen molar-refractivity contribution >= 4 is 0 Å². The Morgan fingerprint density at radius 2 is 1.89 bits per heavy atom. The van der Waals surface area contributed by atoms with Gasteiger partial charge in [0.15, 0.2) is 0 Å². The monoisotopic (exact) mass is 248 g/mol. The standard InChI is InChI=1S/C16H28N2/c1-5-18-13(2)11-15(14(18)3)12-17-16(4)9-7-6-8-10-16/h11,17H,5-10,12H2,1-4H3. The number of hydrogen-bond acceptors (Lipinski definition) is 1. The molecule has 0 saturated heterocycles. The molecule has 2 nitrogen and oxygen atoms in total. The lowest BCUT2D eigenvalue weighted by Gasteiger charge is -2.34. The van der Waals surface area contributed by atoms with Crippen LogP contribution in [0.15, 0.2) is 6.07 Å². The zero-order valence-electron chi connectivity index (χ0n) is 12.5. The second-order valence-corrected chi connectivity index (χ2v) is 6.12. The van der Waals surface area contributed by atoms with E-state index >= 15 is 0 Å². The summed E-state index contributed by atoms with van der Waals surface area (Å²) in [4.78, 5) is 0. The van der Waals surface area contributed by atoms with E-state index in [2.05, 4.69) is 43.6 Å². The van der Waals surface area contributed by atoms with E-state index in [0.29, 0.717) is 5.54 Å². The van der Waals surface area contributed by atoms with Crippen molar-refractivity contribution in [2.24, 2.45) is 0 Å². The van der Waals surface area contributed by atoms with Crippen LogP contribution >= 0.6 is 0 Å². The lowest BCUT2D eigenvalue weighted by Crippen LogP contribution is -2.43. The fraction of sp³-hybridized carbons (Fsp3) is 0.750. The van der Waals surface area contributed by atoms with Gasteiger partial charge < -0.3 is 9.88 Å². The lowest BCUT2D eigenvalue weighted by atomic mass is 9.83. The average Bonchev–Trinajstić information content (AvgIpc) is 2.62. The maximum Gasteiger partial charge on any atom is 0.0228 e. The highest BCUT2D eigenvalue weighted by atomic mass is 15.0. The van der Waals surface area contributed by atoms with Crippen molar-refractivity contribution < 1.29 is 0 Å². The van der Waals surface area contributed by atoms with Crippen molar-refractivity contribution in [2.75, 3.05) is 0 Å². The van der Waals surface area contributed by atoms with Crippen LogP contribution in [0, 0.1) is 13.8 Å². The maximum absolute atomic E-state index is 3.81. The fourth-order valence-electron chi connectivity index (χ4n) is 3.36. The number of nitrogens with zero attached hydrogens (tertiary/aromatic N) is 1. The molecule has 1 N–H and O–H groups in total. The van der Waals surface area contributed by atoms with E-state index in [1.807, 2.05) is 0 Å². The normalized spacial score (nSPS) is 19.1. The first-order valence-corrected chi connectivity index (χ1v) is 7.46. The zero-order chi connectivity index (χ0) is 13.2. The molecule has 1 saturated carbocycles. The minimum absolute atomic E-state index is 0.368. The number of aromatic nitrogens is 1. The van der Waals surface area contributed by atoms with E-state index in [4.69, 9.17) is 0 Å². The van der Waals surface area contributed by atoms with Crippen LogP contribution in [0.4, 0.5) is 0 Å². The molecule has 1 aliphatic carbocycles. The van der Waals surface area contributed by atoms with Crippen molar-refractivity contribution in [3.05, 3.63) is 23.0 Å². The summed E-state index contributed by atoms with van der Waals surface area (Å²) in [6.07, 6.45) is 6.86. The smallest absolute Gasteiger partial charge is 0.0228 e. The van der Waals surface area contributed by atoms with Crippen LogP contribution in [0.25, 0.3) is 0 Å². The molecule has 1 heterocycles. The van der Waals surface area contributed by atoms with Gasteiger partial charge in [-0.2, -0.15) is 0 Å². The van der Waals surface area contributed by atoms with E-state index in [1.165, 1.54) is 49.1 Å². The summed E-state index contributed by atoms with van der Waals surface area (Å²) in [6.45, 7) is 11.2. The first-order valence-electron chi connectivity index (χ1n) is 7.46. The summed E-state index contributed by atoms with van der Waals surface area (Å²) in [6, 6.07) is 2.35. The quantitative estimate of drug-likeness (QED) is 0.854. The van der Waals surface area contributed by atoms with Crippen LogP contribution in [0.3, 0.4) is 0 Å². The van der Waals surface area contributed by atoms with Gasteiger partial charge in [0.25, 0.3) is 0 Å². The lowest BCUT2D eigenvalue weighted by molar-refractivity contribution is 0.252. The van der Waals surface area contributed by atoms with Gasteiger partial charge in [0, 0.05) is 30.0 Å². The minimum atomic E-state index is 0.368. The van der Waals surface area contributed by atoms with E-state index < -0.39 is 0 Å². The van der Waals surface area contributed by atoms with Crippen molar-refractivity contribution in [2.45, 2.75) is 78.4 Å². The van der Waals surface area contributed by atoms with Gasteiger partial charge in [-0.15, -0.1) is 0 Å². The molecule has 0 aromatic carbocycles. The Labute approximate surface area is 112 Å². The molecule has 0 spiro atoms. The SMILES string of the molecule is CCn1c(C)cc(CNC2(C)CCCCC2)c1C. The Hall–Kier alpha value is -0.760. The number of rotatable bonds is 4. The molecule has 0 bridgehead atoms. The summed E-state index contributed by atoms with van der Waals surface area (Å²) in [5.41, 5.74) is 4.66. The van der Waals surface area contributed by atoms with Gasteiger partial charge in [-0.05, 0) is 52.2 Å². The second kappa shape index (κ2) is 5.48. The van der Waals surface area contributed by atoms with Gasteiger partial charge in [0.2, 0.25) is 0 Å². The highest BCUT2D eigenvalue weighted by molar-refractivity contribution is 5.26. The molecule has 2 rings (SSSR count). The van der Waals surface area contributed by atoms with E-state index in [9.17, 15) is 0 Å². The highest BCUT2D eigenvalue weighted by Gasteiger charge is 2.26. The maximum atomic E-state index is 3.81. The summed E-state index contributed by atoms with van der Waals surface area (Å²) in [5.74, 6) is 0. The average molecular weight is 248 g/mol. The van der Waals surface area contributed by atoms with Gasteiger partial charge in [0.05, 0.1) is 0 Å². The molecule has 0 amide bonds. The van der Waals surface area contributed by atoms with Crippen molar-refractivity contribution in [1.82, 2.24) is 9.88 Å².